The first-order chi connectivity index (χ1) is 14.1. The minimum atomic E-state index is -0.864. The molecule has 1 saturated heterocycles. The number of halogens is 1. The normalized spacial score (nSPS) is 16.0. The summed E-state index contributed by atoms with van der Waals surface area (Å²) in [6.07, 6.45) is 3.16. The topological polar surface area (TPSA) is 89.0 Å². The minimum absolute atomic E-state index is 0.0441. The molecule has 7 nitrogen and oxygen atoms in total. The molecule has 2 amide bonds. The molecule has 1 aliphatic rings. The predicted molar refractivity (Wildman–Crippen MR) is 105 cm³/mol. The van der Waals surface area contributed by atoms with E-state index in [1.54, 1.807) is 36.4 Å². The second-order valence-electron chi connectivity index (χ2n) is 6.50. The van der Waals surface area contributed by atoms with Gasteiger partial charge in [0.25, 0.3) is 0 Å². The van der Waals surface area contributed by atoms with Crippen LogP contribution in [0.3, 0.4) is 0 Å². The smallest absolute Gasteiger partial charge is 0.329 e. The van der Waals surface area contributed by atoms with Crippen molar-refractivity contribution in [3.63, 3.8) is 0 Å². The highest BCUT2D eigenvalue weighted by molar-refractivity contribution is 6.35. The van der Waals surface area contributed by atoms with Gasteiger partial charge in [0.15, 0.2) is 0 Å². The first-order valence-electron chi connectivity index (χ1n) is 9.31. The Labute approximate surface area is 167 Å². The van der Waals surface area contributed by atoms with Crippen molar-refractivity contribution in [2.45, 2.75) is 25.6 Å². The van der Waals surface area contributed by atoms with Crippen LogP contribution in [0.25, 0.3) is 0 Å². The van der Waals surface area contributed by atoms with Crippen molar-refractivity contribution in [3.8, 4) is 5.75 Å². The Hall–Kier alpha value is -3.26. The van der Waals surface area contributed by atoms with Crippen molar-refractivity contribution in [1.29, 1.82) is 0 Å². The minimum Gasteiger partial charge on any atom is -0.488 e. The van der Waals surface area contributed by atoms with E-state index in [1.165, 1.54) is 18.3 Å². The van der Waals surface area contributed by atoms with Gasteiger partial charge in [0.2, 0.25) is 0 Å². The molecule has 152 valence electrons. The number of carbonyl (C=O) groups excluding carboxylic acids is 2. The lowest BCUT2D eigenvalue weighted by Gasteiger charge is -2.10. The number of rotatable bonds is 7. The van der Waals surface area contributed by atoms with Gasteiger partial charge in [0.1, 0.15) is 18.2 Å². The van der Waals surface area contributed by atoms with Crippen LogP contribution in [0.5, 0.6) is 5.75 Å². The van der Waals surface area contributed by atoms with Crippen molar-refractivity contribution in [1.82, 2.24) is 10.7 Å². The fraction of sp³-hybridized carbons (Fsp3) is 0.286. The lowest BCUT2D eigenvalue weighted by Crippen LogP contribution is -2.41. The number of carbonyl (C=O) groups is 2. The van der Waals surface area contributed by atoms with Crippen LogP contribution in [0.4, 0.5) is 4.39 Å². The van der Waals surface area contributed by atoms with E-state index in [0.717, 1.165) is 12.8 Å². The van der Waals surface area contributed by atoms with E-state index in [1.807, 2.05) is 0 Å². The highest BCUT2D eigenvalue weighted by atomic mass is 19.1. The first kappa shape index (κ1) is 20.5. The van der Waals surface area contributed by atoms with Gasteiger partial charge in [0.05, 0.1) is 12.3 Å². The van der Waals surface area contributed by atoms with Crippen LogP contribution in [0.15, 0.2) is 53.6 Å². The number of hydrazone groups is 1. The van der Waals surface area contributed by atoms with E-state index < -0.39 is 11.8 Å². The summed E-state index contributed by atoms with van der Waals surface area (Å²) >= 11 is 0. The predicted octanol–water partition coefficient (Wildman–Crippen LogP) is 2.15. The van der Waals surface area contributed by atoms with Gasteiger partial charge in [-0.15, -0.1) is 0 Å². The second kappa shape index (κ2) is 10.3. The molecule has 1 fully saturated rings. The molecule has 0 aliphatic carbocycles. The van der Waals surface area contributed by atoms with Crippen LogP contribution >= 0.6 is 0 Å². The van der Waals surface area contributed by atoms with Gasteiger partial charge in [0, 0.05) is 18.7 Å². The Morgan fingerprint density at radius 3 is 2.86 bits per heavy atom. The number of hydrogen-bond donors (Lipinski definition) is 2. The number of amides is 2. The molecule has 2 N–H and O–H groups in total. The van der Waals surface area contributed by atoms with Crippen molar-refractivity contribution < 1.29 is 23.5 Å². The molecule has 1 heterocycles. The number of nitrogens with one attached hydrogen (secondary N) is 2. The van der Waals surface area contributed by atoms with Gasteiger partial charge >= 0.3 is 11.8 Å². The van der Waals surface area contributed by atoms with Crippen LogP contribution in [-0.4, -0.2) is 37.3 Å². The van der Waals surface area contributed by atoms with E-state index in [0.29, 0.717) is 30.0 Å². The van der Waals surface area contributed by atoms with Gasteiger partial charge in [-0.25, -0.2) is 9.82 Å². The number of ether oxygens (including phenoxy) is 2. The molecular weight excluding hydrogens is 377 g/mol. The second-order valence-corrected chi connectivity index (χ2v) is 6.50. The molecule has 0 aromatic heterocycles. The molecule has 29 heavy (non-hydrogen) atoms. The molecule has 0 unspecified atom stereocenters. The molecule has 0 radical (unpaired) electrons. The summed E-state index contributed by atoms with van der Waals surface area (Å²) in [5.74, 6) is -1.45. The average Bonchev–Trinajstić information content (AvgIpc) is 3.25. The Morgan fingerprint density at radius 2 is 2.07 bits per heavy atom. The van der Waals surface area contributed by atoms with Gasteiger partial charge in [-0.2, -0.15) is 5.10 Å². The van der Waals surface area contributed by atoms with E-state index in [2.05, 4.69) is 15.8 Å². The number of nitrogens with zero attached hydrogens (tertiary/aromatic N) is 1. The summed E-state index contributed by atoms with van der Waals surface area (Å²) in [4.78, 5) is 23.6. The molecule has 8 heteroatoms. The summed E-state index contributed by atoms with van der Waals surface area (Å²) in [7, 11) is 0. The number of hydrogen-bond acceptors (Lipinski definition) is 5. The Balaban J connectivity index is 1.50. The molecule has 0 bridgehead atoms. The van der Waals surface area contributed by atoms with Crippen molar-refractivity contribution >= 4 is 18.0 Å². The molecule has 2 aromatic rings. The van der Waals surface area contributed by atoms with Crippen LogP contribution in [0.2, 0.25) is 0 Å². The van der Waals surface area contributed by atoms with E-state index >= 15 is 0 Å². The van der Waals surface area contributed by atoms with Gasteiger partial charge < -0.3 is 14.8 Å². The van der Waals surface area contributed by atoms with Crippen LogP contribution in [-0.2, 0) is 20.9 Å². The van der Waals surface area contributed by atoms with Crippen molar-refractivity contribution in [2.75, 3.05) is 13.2 Å². The summed E-state index contributed by atoms with van der Waals surface area (Å²) < 4.78 is 24.4. The zero-order valence-corrected chi connectivity index (χ0v) is 15.8. The monoisotopic (exact) mass is 399 g/mol. The van der Waals surface area contributed by atoms with Gasteiger partial charge in [-0.1, -0.05) is 24.3 Å². The first-order valence-corrected chi connectivity index (χ1v) is 9.31. The van der Waals surface area contributed by atoms with Crippen LogP contribution < -0.4 is 15.5 Å². The third kappa shape index (κ3) is 6.39. The highest BCUT2D eigenvalue weighted by Gasteiger charge is 2.18. The molecule has 3 rings (SSSR count). The zero-order valence-electron chi connectivity index (χ0n) is 15.8. The quantitative estimate of drug-likeness (QED) is 0.424. The largest absolute Gasteiger partial charge is 0.488 e. The number of benzene rings is 2. The lowest BCUT2D eigenvalue weighted by atomic mass is 10.2. The van der Waals surface area contributed by atoms with Crippen LogP contribution in [0, 0.1) is 5.82 Å². The van der Waals surface area contributed by atoms with Gasteiger partial charge in [-0.3, -0.25) is 9.59 Å². The Morgan fingerprint density at radius 1 is 1.21 bits per heavy atom. The summed E-state index contributed by atoms with van der Waals surface area (Å²) in [5, 5.41) is 6.34. The summed E-state index contributed by atoms with van der Waals surface area (Å²) in [6, 6.07) is 13.2. The third-order valence-corrected chi connectivity index (χ3v) is 4.29. The zero-order chi connectivity index (χ0) is 20.5. The van der Waals surface area contributed by atoms with Crippen LogP contribution in [0.1, 0.15) is 24.0 Å². The number of para-hydroxylation sites is 1. The summed E-state index contributed by atoms with van der Waals surface area (Å²) in [6.45, 7) is 1.16. The lowest BCUT2D eigenvalue weighted by molar-refractivity contribution is -0.139. The van der Waals surface area contributed by atoms with Gasteiger partial charge in [-0.05, 0) is 42.7 Å². The maximum Gasteiger partial charge on any atom is 0.329 e. The Bertz CT molecular complexity index is 882. The highest BCUT2D eigenvalue weighted by Crippen LogP contribution is 2.18. The standard InChI is InChI=1S/C21H22FN3O4/c22-17-7-3-5-15(11-17)14-29-19-9-2-1-6-16(19)12-24-25-21(27)20(26)23-13-18-8-4-10-28-18/h1-3,5-7,9,11-12,18H,4,8,10,13-14H2,(H,23,26)(H,25,27)/b24-12-/t18-/m0/s1. The summed E-state index contributed by atoms with van der Waals surface area (Å²) in [5.41, 5.74) is 3.48. The average molecular weight is 399 g/mol. The molecule has 0 spiro atoms. The van der Waals surface area contributed by atoms with Crippen molar-refractivity contribution in [3.05, 3.63) is 65.5 Å². The maximum atomic E-state index is 13.3. The van der Waals surface area contributed by atoms with Crippen molar-refractivity contribution in [2.24, 2.45) is 5.10 Å². The maximum absolute atomic E-state index is 13.3. The fourth-order valence-corrected chi connectivity index (χ4v) is 2.81. The van der Waals surface area contributed by atoms with E-state index in [9.17, 15) is 14.0 Å². The van der Waals surface area contributed by atoms with E-state index in [-0.39, 0.29) is 18.5 Å². The SMILES string of the molecule is O=C(NC[C@@H]1CCCO1)C(=O)N/N=C\c1ccccc1OCc1cccc(F)c1. The third-order valence-electron chi connectivity index (χ3n) is 4.29. The Kier molecular flexibility index (Phi) is 7.29. The molecule has 2 aromatic carbocycles. The fourth-order valence-electron chi connectivity index (χ4n) is 2.81. The molecule has 1 aliphatic heterocycles. The molecule has 0 saturated carbocycles. The molecule has 1 atom stereocenters. The molecular formula is C21H22FN3O4. The van der Waals surface area contributed by atoms with E-state index in [4.69, 9.17) is 9.47 Å².